The van der Waals surface area contributed by atoms with E-state index in [9.17, 15) is 4.79 Å². The summed E-state index contributed by atoms with van der Waals surface area (Å²) in [5.41, 5.74) is 1.71. The number of fused-ring (bicyclic) bond motifs is 1. The number of nitrogens with zero attached hydrogens (tertiary/aromatic N) is 3. The first-order chi connectivity index (χ1) is 15.5. The van der Waals surface area contributed by atoms with Gasteiger partial charge in [-0.25, -0.2) is 0 Å². The number of ether oxygens (including phenoxy) is 2. The van der Waals surface area contributed by atoms with Gasteiger partial charge in [-0.05, 0) is 47.8 Å². The van der Waals surface area contributed by atoms with Gasteiger partial charge in [-0.1, -0.05) is 67.7 Å². The van der Waals surface area contributed by atoms with Crippen molar-refractivity contribution < 1.29 is 9.47 Å². The van der Waals surface area contributed by atoms with Crippen LogP contribution in [0.25, 0.3) is 23.2 Å². The Morgan fingerprint density at radius 2 is 1.88 bits per heavy atom. The molecule has 2 heterocycles. The quantitative estimate of drug-likeness (QED) is 0.403. The molecule has 0 radical (unpaired) electrons. The molecule has 0 saturated carbocycles. The summed E-state index contributed by atoms with van der Waals surface area (Å²) in [6, 6.07) is 15.6. The maximum Gasteiger partial charge on any atom is 0.291 e. The van der Waals surface area contributed by atoms with E-state index in [1.807, 2.05) is 60.7 Å². The number of aromatic nitrogens is 3. The second-order valence-corrected chi connectivity index (χ2v) is 8.77. The first-order valence-electron chi connectivity index (χ1n) is 10.5. The van der Waals surface area contributed by atoms with Gasteiger partial charge in [0.05, 0.1) is 18.2 Å². The molecular formula is C25H25N3O3S. The van der Waals surface area contributed by atoms with Crippen LogP contribution in [0.2, 0.25) is 0 Å². The average Bonchev–Trinajstić information content (AvgIpc) is 3.32. The topological polar surface area (TPSA) is 65.7 Å². The zero-order valence-corrected chi connectivity index (χ0v) is 19.1. The van der Waals surface area contributed by atoms with Crippen molar-refractivity contribution >= 4 is 34.5 Å². The second-order valence-electron chi connectivity index (χ2n) is 7.77. The summed E-state index contributed by atoms with van der Waals surface area (Å²) in [6.07, 6.45) is 6.53. The zero-order valence-electron chi connectivity index (χ0n) is 18.3. The second kappa shape index (κ2) is 9.78. The Bertz CT molecular complexity index is 1340. The first-order valence-corrected chi connectivity index (χ1v) is 11.3. The van der Waals surface area contributed by atoms with E-state index in [1.165, 1.54) is 15.9 Å². The van der Waals surface area contributed by atoms with Gasteiger partial charge in [0, 0.05) is 0 Å². The Balaban J connectivity index is 1.57. The Labute approximate surface area is 190 Å². The molecule has 7 heteroatoms. The molecule has 0 unspecified atom stereocenters. The summed E-state index contributed by atoms with van der Waals surface area (Å²) in [4.78, 5) is 17.8. The van der Waals surface area contributed by atoms with Crippen molar-refractivity contribution in [3.8, 4) is 11.5 Å². The standard InChI is InChI=1S/C25H25N3O3S/c1-17(2)13-14-31-20-11-9-19(15-21(20)30-3)16-22-24(29)28-25(32-22)26-23(27-28)12-10-18-7-5-4-6-8-18/h4-12,15-17H,13-14H2,1-3H3. The van der Waals surface area contributed by atoms with Crippen molar-refractivity contribution in [3.05, 3.63) is 80.4 Å². The van der Waals surface area contributed by atoms with Gasteiger partial charge in [0.15, 0.2) is 17.3 Å². The van der Waals surface area contributed by atoms with Crippen LogP contribution in [0, 0.1) is 5.92 Å². The maximum atomic E-state index is 12.8. The van der Waals surface area contributed by atoms with Crippen LogP contribution in [0.1, 0.15) is 37.2 Å². The van der Waals surface area contributed by atoms with Gasteiger partial charge >= 0.3 is 0 Å². The molecule has 0 aliphatic carbocycles. The largest absolute Gasteiger partial charge is 0.493 e. The molecule has 2 aromatic heterocycles. The van der Waals surface area contributed by atoms with Gasteiger partial charge in [0.2, 0.25) is 4.96 Å². The number of hydrogen-bond donors (Lipinski definition) is 0. The van der Waals surface area contributed by atoms with Gasteiger partial charge in [-0.2, -0.15) is 9.50 Å². The lowest BCUT2D eigenvalue weighted by atomic mass is 10.1. The summed E-state index contributed by atoms with van der Waals surface area (Å²) in [7, 11) is 1.61. The molecule has 0 atom stereocenters. The Hall–Kier alpha value is -3.45. The van der Waals surface area contributed by atoms with Crippen molar-refractivity contribution in [2.24, 2.45) is 5.92 Å². The van der Waals surface area contributed by atoms with Gasteiger partial charge < -0.3 is 9.47 Å². The van der Waals surface area contributed by atoms with Crippen molar-refractivity contribution in [1.82, 2.24) is 14.6 Å². The van der Waals surface area contributed by atoms with Crippen LogP contribution in [-0.4, -0.2) is 28.3 Å². The number of rotatable bonds is 8. The van der Waals surface area contributed by atoms with Crippen LogP contribution >= 0.6 is 11.3 Å². The minimum atomic E-state index is -0.187. The van der Waals surface area contributed by atoms with Crippen molar-refractivity contribution in [2.45, 2.75) is 20.3 Å². The van der Waals surface area contributed by atoms with E-state index in [1.54, 1.807) is 13.2 Å². The fourth-order valence-electron chi connectivity index (χ4n) is 3.10. The lowest BCUT2D eigenvalue weighted by molar-refractivity contribution is 0.273. The van der Waals surface area contributed by atoms with Crippen LogP contribution in [-0.2, 0) is 0 Å². The normalized spacial score (nSPS) is 12.3. The lowest BCUT2D eigenvalue weighted by Gasteiger charge is -2.12. The third kappa shape index (κ3) is 5.06. The fourth-order valence-corrected chi connectivity index (χ4v) is 4.02. The molecule has 0 saturated heterocycles. The molecule has 0 spiro atoms. The number of hydrogen-bond acceptors (Lipinski definition) is 6. The molecule has 6 nitrogen and oxygen atoms in total. The van der Waals surface area contributed by atoms with Crippen molar-refractivity contribution in [3.63, 3.8) is 0 Å². The van der Waals surface area contributed by atoms with Crippen LogP contribution in [0.5, 0.6) is 11.5 Å². The smallest absolute Gasteiger partial charge is 0.291 e. The molecule has 0 fully saturated rings. The number of methoxy groups -OCH3 is 1. The van der Waals surface area contributed by atoms with Gasteiger partial charge in [-0.15, -0.1) is 5.10 Å². The summed E-state index contributed by atoms with van der Waals surface area (Å²) in [5, 5.41) is 4.34. The van der Waals surface area contributed by atoms with E-state index in [4.69, 9.17) is 9.47 Å². The molecule has 0 aliphatic rings. The predicted octanol–water partition coefficient (Wildman–Crippen LogP) is 4.30. The van der Waals surface area contributed by atoms with Crippen LogP contribution < -0.4 is 19.6 Å². The van der Waals surface area contributed by atoms with Gasteiger partial charge in [0.25, 0.3) is 5.56 Å². The minimum Gasteiger partial charge on any atom is -0.493 e. The van der Waals surface area contributed by atoms with E-state index in [2.05, 4.69) is 23.9 Å². The van der Waals surface area contributed by atoms with E-state index in [0.717, 1.165) is 17.5 Å². The van der Waals surface area contributed by atoms with Crippen LogP contribution in [0.3, 0.4) is 0 Å². The summed E-state index contributed by atoms with van der Waals surface area (Å²) >= 11 is 1.31. The third-order valence-electron chi connectivity index (χ3n) is 4.86. The monoisotopic (exact) mass is 447 g/mol. The molecule has 32 heavy (non-hydrogen) atoms. The first kappa shape index (κ1) is 21.8. The molecule has 164 valence electrons. The van der Waals surface area contributed by atoms with Crippen molar-refractivity contribution in [1.29, 1.82) is 0 Å². The highest BCUT2D eigenvalue weighted by molar-refractivity contribution is 7.15. The molecule has 0 bridgehead atoms. The van der Waals surface area contributed by atoms with E-state index in [-0.39, 0.29) is 5.56 Å². The minimum absolute atomic E-state index is 0.187. The molecule has 0 N–H and O–H groups in total. The predicted molar refractivity (Wildman–Crippen MR) is 129 cm³/mol. The molecule has 0 aliphatic heterocycles. The molecule has 2 aromatic carbocycles. The van der Waals surface area contributed by atoms with Gasteiger partial charge in [0.1, 0.15) is 0 Å². The summed E-state index contributed by atoms with van der Waals surface area (Å²) < 4.78 is 13.2. The highest BCUT2D eigenvalue weighted by Crippen LogP contribution is 2.28. The Kier molecular flexibility index (Phi) is 6.66. The highest BCUT2D eigenvalue weighted by atomic mass is 32.1. The van der Waals surface area contributed by atoms with E-state index >= 15 is 0 Å². The number of thiazole rings is 1. The lowest BCUT2D eigenvalue weighted by Crippen LogP contribution is -2.23. The molecule has 0 amide bonds. The summed E-state index contributed by atoms with van der Waals surface area (Å²) in [5.74, 6) is 2.42. The molecule has 4 rings (SSSR count). The Morgan fingerprint density at radius 3 is 2.59 bits per heavy atom. The zero-order chi connectivity index (χ0) is 22.5. The average molecular weight is 448 g/mol. The SMILES string of the molecule is COc1cc(C=c2sc3nc(C=Cc4ccccc4)nn3c2=O)ccc1OCCC(C)C. The fraction of sp³-hybridized carbons (Fsp3) is 0.240. The van der Waals surface area contributed by atoms with E-state index < -0.39 is 0 Å². The highest BCUT2D eigenvalue weighted by Gasteiger charge is 2.10. The number of benzene rings is 2. The third-order valence-corrected chi connectivity index (χ3v) is 5.82. The maximum absolute atomic E-state index is 12.8. The summed E-state index contributed by atoms with van der Waals surface area (Å²) in [6.45, 7) is 4.96. The van der Waals surface area contributed by atoms with Crippen molar-refractivity contribution in [2.75, 3.05) is 13.7 Å². The van der Waals surface area contributed by atoms with E-state index in [0.29, 0.717) is 39.3 Å². The van der Waals surface area contributed by atoms with Crippen LogP contribution in [0.15, 0.2) is 53.3 Å². The Morgan fingerprint density at radius 1 is 1.06 bits per heavy atom. The van der Waals surface area contributed by atoms with Crippen LogP contribution in [0.4, 0.5) is 0 Å². The molecule has 4 aromatic rings. The molecular weight excluding hydrogens is 422 g/mol. The van der Waals surface area contributed by atoms with Gasteiger partial charge in [-0.3, -0.25) is 4.79 Å².